The molecule has 27 heavy (non-hydrogen) atoms. The van der Waals surface area contributed by atoms with Crippen LogP contribution >= 0.6 is 0 Å². The lowest BCUT2D eigenvalue weighted by molar-refractivity contribution is -0.154. The van der Waals surface area contributed by atoms with Gasteiger partial charge in [-0.2, -0.15) is 0 Å². The minimum atomic E-state index is -0.473. The van der Waals surface area contributed by atoms with Crippen LogP contribution in [0, 0.1) is 0 Å². The zero-order chi connectivity index (χ0) is 19.1. The fourth-order valence-corrected chi connectivity index (χ4v) is 2.88. The van der Waals surface area contributed by atoms with E-state index in [0.717, 1.165) is 6.42 Å². The molecule has 2 atom stereocenters. The first-order valence-corrected chi connectivity index (χ1v) is 8.89. The first-order chi connectivity index (χ1) is 13.2. The number of fused-ring (bicyclic) bond motifs is 1. The van der Waals surface area contributed by atoms with Crippen LogP contribution in [0.4, 0.5) is 5.82 Å². The number of carbonyl (C=O) groups excluding carboxylic acids is 2. The second kappa shape index (κ2) is 9.70. The van der Waals surface area contributed by atoms with Gasteiger partial charge in [0.2, 0.25) is 0 Å². The van der Waals surface area contributed by atoms with Gasteiger partial charge in [0.15, 0.2) is 17.3 Å². The summed E-state index contributed by atoms with van der Waals surface area (Å²) in [6, 6.07) is 0. The van der Waals surface area contributed by atoms with Gasteiger partial charge in [-0.15, -0.1) is 0 Å². The quantitative estimate of drug-likeness (QED) is 0.457. The Bertz CT molecular complexity index is 688. The number of aromatic nitrogens is 2. The molecule has 10 heteroatoms. The molecule has 0 aliphatic carbocycles. The second-order valence-corrected chi connectivity index (χ2v) is 6.12. The van der Waals surface area contributed by atoms with Crippen molar-refractivity contribution >= 4 is 23.8 Å². The molecule has 3 heterocycles. The smallest absolute Gasteiger partial charge is 0.332 e. The molecule has 0 amide bonds. The molecule has 0 radical (unpaired) electrons. The molecule has 1 aromatic heterocycles. The molecule has 1 aromatic rings. The minimum Gasteiger partial charge on any atom is -0.461 e. The lowest BCUT2D eigenvalue weighted by Gasteiger charge is -2.17. The van der Waals surface area contributed by atoms with Crippen LogP contribution in [0.5, 0.6) is 0 Å². The molecule has 0 spiro atoms. The maximum Gasteiger partial charge on any atom is 0.332 e. The van der Waals surface area contributed by atoms with Gasteiger partial charge in [0.1, 0.15) is 19.4 Å². The van der Waals surface area contributed by atoms with Gasteiger partial charge in [-0.1, -0.05) is 0 Å². The number of rotatable bonds is 10. The van der Waals surface area contributed by atoms with Gasteiger partial charge >= 0.3 is 5.97 Å². The Hall–Kier alpha value is -2.14. The highest BCUT2D eigenvalue weighted by Crippen LogP contribution is 2.34. The molecule has 2 unspecified atom stereocenters. The third kappa shape index (κ3) is 5.19. The minimum absolute atomic E-state index is 0.0467. The highest BCUT2D eigenvalue weighted by Gasteiger charge is 2.31. The number of hydrogen-bond acceptors (Lipinski definition) is 9. The van der Waals surface area contributed by atoms with Gasteiger partial charge in [0.25, 0.3) is 0 Å². The molecule has 148 valence electrons. The molecule has 10 nitrogen and oxygen atoms in total. The average molecular weight is 381 g/mol. The van der Waals surface area contributed by atoms with Gasteiger partial charge in [-0.25, -0.2) is 14.8 Å². The average Bonchev–Trinajstić information content (AvgIpc) is 3.30. The van der Waals surface area contributed by atoms with E-state index in [4.69, 9.17) is 24.1 Å². The summed E-state index contributed by atoms with van der Waals surface area (Å²) in [5.41, 5.74) is 0.371. The normalized spacial score (nSPS) is 21.4. The predicted molar refractivity (Wildman–Crippen MR) is 92.2 cm³/mol. The van der Waals surface area contributed by atoms with Crippen LogP contribution in [0.25, 0.3) is 0 Å². The molecule has 0 saturated carbocycles. The summed E-state index contributed by atoms with van der Waals surface area (Å²) >= 11 is 0. The van der Waals surface area contributed by atoms with Gasteiger partial charge in [-0.05, 0) is 12.8 Å². The van der Waals surface area contributed by atoms with Crippen molar-refractivity contribution in [3.05, 3.63) is 12.0 Å². The van der Waals surface area contributed by atoms with Crippen LogP contribution in [0.2, 0.25) is 0 Å². The van der Waals surface area contributed by atoms with E-state index in [1.807, 2.05) is 0 Å². The number of carbonyl (C=O) groups is 2. The fourth-order valence-electron chi connectivity index (χ4n) is 2.88. The topological polar surface area (TPSA) is 121 Å². The van der Waals surface area contributed by atoms with Gasteiger partial charge in [-0.3, -0.25) is 9.36 Å². The molecule has 1 N–H and O–H groups in total. The molecular formula is C17H23N3O7. The number of Topliss-reactive ketones (excluding diaryl/α,β-unsaturated/α-hetero) is 1. The summed E-state index contributed by atoms with van der Waals surface area (Å²) < 4.78 is 23.0. The van der Waals surface area contributed by atoms with Crippen LogP contribution in [0.1, 0.15) is 36.0 Å². The lowest BCUT2D eigenvalue weighted by atomic mass is 10.2. The Morgan fingerprint density at radius 2 is 2.15 bits per heavy atom. The number of hydrogen-bond donors (Lipinski definition) is 1. The van der Waals surface area contributed by atoms with Crippen LogP contribution in [0.3, 0.4) is 0 Å². The van der Waals surface area contributed by atoms with E-state index in [2.05, 4.69) is 9.98 Å². The number of aliphatic hydroxyl groups is 1. The molecule has 0 bridgehead atoms. The van der Waals surface area contributed by atoms with E-state index >= 15 is 0 Å². The monoisotopic (exact) mass is 381 g/mol. The summed E-state index contributed by atoms with van der Waals surface area (Å²) in [7, 11) is 0. The van der Waals surface area contributed by atoms with E-state index in [1.165, 1.54) is 0 Å². The molecule has 0 aromatic carbocycles. The van der Waals surface area contributed by atoms with E-state index in [1.54, 1.807) is 17.1 Å². The second-order valence-electron chi connectivity index (χ2n) is 6.12. The highest BCUT2D eigenvalue weighted by molar-refractivity contribution is 6.08. The van der Waals surface area contributed by atoms with Crippen molar-refractivity contribution in [3.8, 4) is 0 Å². The van der Waals surface area contributed by atoms with E-state index in [-0.39, 0.29) is 57.6 Å². The summed E-state index contributed by atoms with van der Waals surface area (Å²) in [4.78, 5) is 31.9. The van der Waals surface area contributed by atoms with Gasteiger partial charge in [0, 0.05) is 12.6 Å². The highest BCUT2D eigenvalue weighted by atomic mass is 16.6. The zero-order valence-corrected chi connectivity index (χ0v) is 14.9. The van der Waals surface area contributed by atoms with Crippen LogP contribution in [0.15, 0.2) is 11.3 Å². The van der Waals surface area contributed by atoms with E-state index in [9.17, 15) is 9.59 Å². The summed E-state index contributed by atoms with van der Waals surface area (Å²) in [6.45, 7) is 0.732. The lowest BCUT2D eigenvalue weighted by Crippen LogP contribution is -2.22. The summed E-state index contributed by atoms with van der Waals surface area (Å²) in [6.07, 6.45) is 4.33. The molecule has 1 saturated heterocycles. The number of ether oxygens (including phenoxy) is 4. The van der Waals surface area contributed by atoms with Gasteiger partial charge < -0.3 is 24.1 Å². The van der Waals surface area contributed by atoms with Crippen molar-refractivity contribution in [2.24, 2.45) is 4.99 Å². The first kappa shape index (κ1) is 19.6. The Balaban J connectivity index is 1.38. The van der Waals surface area contributed by atoms with Gasteiger partial charge in [0.05, 0.1) is 38.9 Å². The van der Waals surface area contributed by atoms with Crippen molar-refractivity contribution in [3.63, 3.8) is 0 Å². The van der Waals surface area contributed by atoms with Crippen molar-refractivity contribution in [1.29, 1.82) is 0 Å². The molecule has 2 aliphatic heterocycles. The Morgan fingerprint density at radius 3 is 3.00 bits per heavy atom. The van der Waals surface area contributed by atoms with Crippen molar-refractivity contribution in [1.82, 2.24) is 9.55 Å². The Kier molecular flexibility index (Phi) is 7.04. The van der Waals surface area contributed by atoms with Crippen molar-refractivity contribution < 1.29 is 33.6 Å². The summed E-state index contributed by atoms with van der Waals surface area (Å²) in [5.74, 6) is -0.00545. The SMILES string of the molecule is O=C(COCCOCCO)OCC1CCC(n2cnc3c2N=CCC3=O)O1. The van der Waals surface area contributed by atoms with Crippen LogP contribution < -0.4 is 0 Å². The third-order valence-electron chi connectivity index (χ3n) is 4.18. The molecule has 1 fully saturated rings. The number of aliphatic imine (C=N–C) groups is 1. The maximum atomic E-state index is 11.8. The zero-order valence-electron chi connectivity index (χ0n) is 14.9. The predicted octanol–water partition coefficient (Wildman–Crippen LogP) is 0.418. The third-order valence-corrected chi connectivity index (χ3v) is 4.18. The van der Waals surface area contributed by atoms with Crippen molar-refractivity contribution in [2.45, 2.75) is 31.6 Å². The number of nitrogens with zero attached hydrogens (tertiary/aromatic N) is 3. The van der Waals surface area contributed by atoms with Crippen LogP contribution in [-0.4, -0.2) is 78.4 Å². The standard InChI is InChI=1S/C17H23N3O7/c21-5-6-24-7-8-25-10-15(23)26-9-12-1-2-14(27-12)20-11-19-16-13(22)3-4-18-17(16)20/h4,11-12,14,21H,1-3,5-10H2. The maximum absolute atomic E-state index is 11.8. The number of esters is 1. The molecule has 2 aliphatic rings. The molecular weight excluding hydrogens is 358 g/mol. The molecule has 3 rings (SSSR count). The first-order valence-electron chi connectivity index (χ1n) is 8.89. The Morgan fingerprint density at radius 1 is 1.30 bits per heavy atom. The largest absolute Gasteiger partial charge is 0.461 e. The van der Waals surface area contributed by atoms with E-state index < -0.39 is 5.97 Å². The van der Waals surface area contributed by atoms with Crippen molar-refractivity contribution in [2.75, 3.05) is 39.6 Å². The number of ketones is 1. The summed E-state index contributed by atoms with van der Waals surface area (Å²) in [5, 5.41) is 8.56. The van der Waals surface area contributed by atoms with E-state index in [0.29, 0.717) is 24.5 Å². The number of aliphatic hydroxyl groups excluding tert-OH is 1. The number of imidazole rings is 1. The fraction of sp³-hybridized carbons (Fsp3) is 0.647. The van der Waals surface area contributed by atoms with Crippen LogP contribution in [-0.2, 0) is 23.7 Å². The Labute approximate surface area is 156 Å².